The lowest BCUT2D eigenvalue weighted by atomic mass is 10.0. The van der Waals surface area contributed by atoms with Gasteiger partial charge in [-0.3, -0.25) is 15.6 Å². The van der Waals surface area contributed by atoms with E-state index in [1.54, 1.807) is 24.3 Å². The third-order valence-electron chi connectivity index (χ3n) is 3.50. The van der Waals surface area contributed by atoms with Crippen LogP contribution in [-0.2, 0) is 6.54 Å². The quantitative estimate of drug-likeness (QED) is 0.588. The number of halogens is 1. The monoisotopic (exact) mass is 345 g/mol. The SMILES string of the molecule is CC(C)c1ccc(C(=O)NNC(=S)NCc2ccc(F)cc2)cc1. The van der Waals surface area contributed by atoms with Gasteiger partial charge >= 0.3 is 0 Å². The summed E-state index contributed by atoms with van der Waals surface area (Å²) >= 11 is 5.09. The van der Waals surface area contributed by atoms with E-state index >= 15 is 0 Å². The summed E-state index contributed by atoms with van der Waals surface area (Å²) < 4.78 is 12.8. The Kier molecular flexibility index (Phi) is 6.26. The Bertz CT molecular complexity index is 699. The minimum Gasteiger partial charge on any atom is -0.357 e. The highest BCUT2D eigenvalue weighted by atomic mass is 32.1. The number of hydrogen-bond donors (Lipinski definition) is 3. The number of rotatable bonds is 4. The molecule has 2 aromatic carbocycles. The average molecular weight is 345 g/mol. The van der Waals surface area contributed by atoms with Gasteiger partial charge < -0.3 is 5.32 Å². The van der Waals surface area contributed by atoms with E-state index in [4.69, 9.17) is 12.2 Å². The van der Waals surface area contributed by atoms with Crippen LogP contribution in [0.5, 0.6) is 0 Å². The summed E-state index contributed by atoms with van der Waals surface area (Å²) in [6.07, 6.45) is 0. The summed E-state index contributed by atoms with van der Waals surface area (Å²) in [6.45, 7) is 4.63. The zero-order valence-corrected chi connectivity index (χ0v) is 14.4. The van der Waals surface area contributed by atoms with Gasteiger partial charge in [0.2, 0.25) is 0 Å². The summed E-state index contributed by atoms with van der Waals surface area (Å²) in [7, 11) is 0. The van der Waals surface area contributed by atoms with Gasteiger partial charge in [-0.2, -0.15) is 0 Å². The third-order valence-corrected chi connectivity index (χ3v) is 3.74. The van der Waals surface area contributed by atoms with E-state index in [1.807, 2.05) is 12.1 Å². The first-order chi connectivity index (χ1) is 11.5. The molecule has 0 heterocycles. The maximum atomic E-state index is 12.8. The lowest BCUT2D eigenvalue weighted by Gasteiger charge is -2.12. The Balaban J connectivity index is 1.78. The van der Waals surface area contributed by atoms with E-state index < -0.39 is 0 Å². The molecule has 1 amide bonds. The molecule has 0 aliphatic rings. The Morgan fingerprint density at radius 1 is 1.04 bits per heavy atom. The molecule has 2 rings (SSSR count). The van der Waals surface area contributed by atoms with Crippen molar-refractivity contribution in [1.82, 2.24) is 16.2 Å². The topological polar surface area (TPSA) is 53.2 Å². The predicted octanol–water partition coefficient (Wildman–Crippen LogP) is 3.26. The molecule has 0 aliphatic carbocycles. The van der Waals surface area contributed by atoms with Crippen LogP contribution < -0.4 is 16.2 Å². The van der Waals surface area contributed by atoms with E-state index in [-0.39, 0.29) is 16.8 Å². The molecule has 0 aliphatic heterocycles. The van der Waals surface area contributed by atoms with Crippen molar-refractivity contribution in [3.63, 3.8) is 0 Å². The first-order valence-corrected chi connectivity index (χ1v) is 8.05. The number of carbonyl (C=O) groups is 1. The van der Waals surface area contributed by atoms with Crippen LogP contribution in [0.2, 0.25) is 0 Å². The van der Waals surface area contributed by atoms with Gasteiger partial charge in [-0.25, -0.2) is 4.39 Å². The van der Waals surface area contributed by atoms with Crippen LogP contribution in [0.15, 0.2) is 48.5 Å². The molecule has 0 atom stereocenters. The van der Waals surface area contributed by atoms with Crippen LogP contribution >= 0.6 is 12.2 Å². The van der Waals surface area contributed by atoms with Gasteiger partial charge in [-0.1, -0.05) is 38.1 Å². The van der Waals surface area contributed by atoms with Gasteiger partial charge in [0.05, 0.1) is 0 Å². The van der Waals surface area contributed by atoms with Gasteiger partial charge in [-0.15, -0.1) is 0 Å². The van der Waals surface area contributed by atoms with Crippen LogP contribution in [0.1, 0.15) is 41.3 Å². The summed E-state index contributed by atoms with van der Waals surface area (Å²) in [5, 5.41) is 3.22. The molecule has 0 saturated heterocycles. The van der Waals surface area contributed by atoms with Crippen LogP contribution in [0.25, 0.3) is 0 Å². The normalized spacial score (nSPS) is 10.3. The highest BCUT2D eigenvalue weighted by Crippen LogP contribution is 2.14. The molecule has 6 heteroatoms. The molecule has 0 saturated carbocycles. The predicted molar refractivity (Wildman–Crippen MR) is 97.0 cm³/mol. The van der Waals surface area contributed by atoms with Crippen LogP contribution in [-0.4, -0.2) is 11.0 Å². The van der Waals surface area contributed by atoms with Crippen molar-refractivity contribution >= 4 is 23.2 Å². The molecule has 0 aromatic heterocycles. The number of carbonyl (C=O) groups excluding carboxylic acids is 1. The second kappa shape index (κ2) is 8.40. The zero-order chi connectivity index (χ0) is 17.5. The van der Waals surface area contributed by atoms with Crippen LogP contribution in [0, 0.1) is 5.82 Å². The molecular formula is C18H20FN3OS. The Morgan fingerprint density at radius 3 is 2.25 bits per heavy atom. The summed E-state index contributed by atoms with van der Waals surface area (Å²) in [5.41, 5.74) is 7.80. The first kappa shape index (κ1) is 17.9. The highest BCUT2D eigenvalue weighted by Gasteiger charge is 2.07. The second-order valence-electron chi connectivity index (χ2n) is 5.66. The second-order valence-corrected chi connectivity index (χ2v) is 6.07. The fourth-order valence-corrected chi connectivity index (χ4v) is 2.16. The number of hydrogen-bond acceptors (Lipinski definition) is 2. The zero-order valence-electron chi connectivity index (χ0n) is 13.6. The van der Waals surface area contributed by atoms with E-state index in [0.29, 0.717) is 18.0 Å². The van der Waals surface area contributed by atoms with Crippen molar-refractivity contribution in [1.29, 1.82) is 0 Å². The first-order valence-electron chi connectivity index (χ1n) is 7.64. The minimum absolute atomic E-state index is 0.267. The van der Waals surface area contributed by atoms with Crippen molar-refractivity contribution in [3.8, 4) is 0 Å². The van der Waals surface area contributed by atoms with Gasteiger partial charge in [0.15, 0.2) is 5.11 Å². The van der Waals surface area contributed by atoms with Crippen LogP contribution in [0.4, 0.5) is 4.39 Å². The van der Waals surface area contributed by atoms with Gasteiger partial charge in [-0.05, 0) is 53.5 Å². The maximum absolute atomic E-state index is 12.8. The molecule has 0 fully saturated rings. The lowest BCUT2D eigenvalue weighted by molar-refractivity contribution is 0.0943. The van der Waals surface area contributed by atoms with Crippen molar-refractivity contribution in [2.24, 2.45) is 0 Å². The summed E-state index contributed by atoms with van der Waals surface area (Å²) in [6, 6.07) is 13.5. The van der Waals surface area contributed by atoms with E-state index in [9.17, 15) is 9.18 Å². The van der Waals surface area contributed by atoms with Gasteiger partial charge in [0.1, 0.15) is 5.82 Å². The van der Waals surface area contributed by atoms with E-state index in [1.165, 1.54) is 17.7 Å². The lowest BCUT2D eigenvalue weighted by Crippen LogP contribution is -2.46. The molecule has 3 N–H and O–H groups in total. The van der Waals surface area contributed by atoms with Crippen molar-refractivity contribution < 1.29 is 9.18 Å². The average Bonchev–Trinajstić information content (AvgIpc) is 2.59. The number of thiocarbonyl (C=S) groups is 1. The Morgan fingerprint density at radius 2 is 1.67 bits per heavy atom. The minimum atomic E-state index is -0.282. The molecule has 126 valence electrons. The van der Waals surface area contributed by atoms with Crippen LogP contribution in [0.3, 0.4) is 0 Å². The standard InChI is InChI=1S/C18H20FN3OS/c1-12(2)14-5-7-15(8-6-14)17(23)21-22-18(24)20-11-13-3-9-16(19)10-4-13/h3-10,12H,11H2,1-2H3,(H,21,23)(H2,20,22,24). The fraction of sp³-hybridized carbons (Fsp3) is 0.222. The van der Waals surface area contributed by atoms with Gasteiger partial charge in [0.25, 0.3) is 5.91 Å². The highest BCUT2D eigenvalue weighted by molar-refractivity contribution is 7.80. The summed E-state index contributed by atoms with van der Waals surface area (Å²) in [5.74, 6) is -0.130. The molecule has 0 bridgehead atoms. The van der Waals surface area contributed by atoms with E-state index in [0.717, 1.165) is 5.56 Å². The Hall–Kier alpha value is -2.47. The van der Waals surface area contributed by atoms with Gasteiger partial charge in [0, 0.05) is 12.1 Å². The molecule has 0 spiro atoms. The number of nitrogens with one attached hydrogen (secondary N) is 3. The molecular weight excluding hydrogens is 325 g/mol. The number of benzene rings is 2. The van der Waals surface area contributed by atoms with Crippen molar-refractivity contribution in [2.45, 2.75) is 26.3 Å². The molecule has 2 aromatic rings. The van der Waals surface area contributed by atoms with Crippen molar-refractivity contribution in [3.05, 3.63) is 71.0 Å². The van der Waals surface area contributed by atoms with E-state index in [2.05, 4.69) is 30.0 Å². The largest absolute Gasteiger partial charge is 0.357 e. The summed E-state index contributed by atoms with van der Waals surface area (Å²) in [4.78, 5) is 12.0. The number of hydrazine groups is 1. The maximum Gasteiger partial charge on any atom is 0.269 e. The molecule has 0 radical (unpaired) electrons. The fourth-order valence-electron chi connectivity index (χ4n) is 2.03. The third kappa shape index (κ3) is 5.31. The smallest absolute Gasteiger partial charge is 0.269 e. The Labute approximate surface area is 146 Å². The number of amides is 1. The van der Waals surface area contributed by atoms with Crippen molar-refractivity contribution in [2.75, 3.05) is 0 Å². The molecule has 0 unspecified atom stereocenters. The molecule has 4 nitrogen and oxygen atoms in total. The molecule has 24 heavy (non-hydrogen) atoms.